The van der Waals surface area contributed by atoms with Crippen LogP contribution in [-0.2, 0) is 14.5 Å². The van der Waals surface area contributed by atoms with Crippen molar-refractivity contribution in [2.45, 2.75) is 30.6 Å². The van der Waals surface area contributed by atoms with Crippen molar-refractivity contribution < 1.29 is 8.95 Å². The largest absolute Gasteiger partial charge is 0.377 e. The number of hydrogen-bond donors (Lipinski definition) is 2. The number of fused-ring (bicyclic) bond motifs is 1. The quantitative estimate of drug-likeness (QED) is 0.682. The molecule has 2 unspecified atom stereocenters. The van der Waals surface area contributed by atoms with Crippen LogP contribution in [0.3, 0.4) is 0 Å². The Balaban J connectivity index is 1.63. The van der Waals surface area contributed by atoms with E-state index in [1.807, 2.05) is 24.4 Å². The van der Waals surface area contributed by atoms with Crippen LogP contribution in [0.15, 0.2) is 30.6 Å². The van der Waals surface area contributed by atoms with Crippen LogP contribution in [0.2, 0.25) is 0 Å². The molecule has 1 aliphatic carbocycles. The van der Waals surface area contributed by atoms with Gasteiger partial charge in [0.05, 0.1) is 30.2 Å². The SMILES string of the molecule is C[C@@H]1COCCN1c1cc(C2C[C@H]2S(C)(=N)=O)nc(-c2ccnc3[nH]ccc23)n1. The Morgan fingerprint density at radius 1 is 1.34 bits per heavy atom. The van der Waals surface area contributed by atoms with Gasteiger partial charge in [0.2, 0.25) is 0 Å². The first kappa shape index (κ1) is 18.5. The Morgan fingerprint density at radius 3 is 2.97 bits per heavy atom. The highest BCUT2D eigenvalue weighted by atomic mass is 32.2. The summed E-state index contributed by atoms with van der Waals surface area (Å²) in [5.41, 5.74) is 2.58. The van der Waals surface area contributed by atoms with Crippen LogP contribution in [0.1, 0.15) is 25.0 Å². The average molecular weight is 413 g/mol. The lowest BCUT2D eigenvalue weighted by molar-refractivity contribution is 0.0985. The van der Waals surface area contributed by atoms with Crippen LogP contribution in [-0.4, -0.2) is 61.5 Å². The van der Waals surface area contributed by atoms with Gasteiger partial charge < -0.3 is 14.6 Å². The van der Waals surface area contributed by atoms with Gasteiger partial charge in [0.25, 0.3) is 0 Å². The van der Waals surface area contributed by atoms with E-state index in [1.54, 1.807) is 6.20 Å². The Hall–Kier alpha value is -2.52. The molecule has 0 bridgehead atoms. The summed E-state index contributed by atoms with van der Waals surface area (Å²) in [5.74, 6) is 1.55. The third-order valence-electron chi connectivity index (χ3n) is 5.78. The molecule has 2 fully saturated rings. The summed E-state index contributed by atoms with van der Waals surface area (Å²) in [5, 5.41) is 0.836. The van der Waals surface area contributed by atoms with E-state index in [0.717, 1.165) is 41.1 Å². The fourth-order valence-electron chi connectivity index (χ4n) is 4.11. The van der Waals surface area contributed by atoms with Crippen LogP contribution in [0.25, 0.3) is 22.4 Å². The second kappa shape index (κ2) is 6.77. The molecule has 1 aliphatic heterocycles. The predicted molar refractivity (Wildman–Crippen MR) is 113 cm³/mol. The minimum Gasteiger partial charge on any atom is -0.377 e. The van der Waals surface area contributed by atoms with Crippen molar-refractivity contribution in [3.05, 3.63) is 36.3 Å². The van der Waals surface area contributed by atoms with Crippen molar-refractivity contribution in [2.24, 2.45) is 0 Å². The van der Waals surface area contributed by atoms with E-state index in [2.05, 4.69) is 21.8 Å². The minimum absolute atomic E-state index is 0.0467. The van der Waals surface area contributed by atoms with E-state index >= 15 is 0 Å². The molecule has 152 valence electrons. The molecule has 3 aromatic heterocycles. The number of nitrogens with one attached hydrogen (secondary N) is 2. The van der Waals surface area contributed by atoms with Gasteiger partial charge in [-0.2, -0.15) is 0 Å². The molecule has 2 aliphatic rings. The monoisotopic (exact) mass is 412 g/mol. The fraction of sp³-hybridized carbons (Fsp3) is 0.450. The van der Waals surface area contributed by atoms with Gasteiger partial charge in [-0.15, -0.1) is 0 Å². The molecule has 2 N–H and O–H groups in total. The highest BCUT2D eigenvalue weighted by Crippen LogP contribution is 2.46. The molecule has 5 rings (SSSR count). The summed E-state index contributed by atoms with van der Waals surface area (Å²) in [4.78, 5) is 19.5. The van der Waals surface area contributed by atoms with E-state index in [-0.39, 0.29) is 17.2 Å². The molecular formula is C20H24N6O2S. The van der Waals surface area contributed by atoms with Gasteiger partial charge >= 0.3 is 0 Å². The Kier molecular flexibility index (Phi) is 4.32. The zero-order chi connectivity index (χ0) is 20.2. The molecule has 4 heterocycles. The second-order valence-corrected chi connectivity index (χ2v) is 10.4. The molecule has 0 amide bonds. The summed E-state index contributed by atoms with van der Waals surface area (Å²) < 4.78 is 25.8. The fourth-order valence-corrected chi connectivity index (χ4v) is 5.45. The van der Waals surface area contributed by atoms with Gasteiger partial charge in [0.1, 0.15) is 11.5 Å². The second-order valence-electron chi connectivity index (χ2n) is 7.97. The van der Waals surface area contributed by atoms with Crippen molar-refractivity contribution in [3.63, 3.8) is 0 Å². The summed E-state index contributed by atoms with van der Waals surface area (Å²) in [6.45, 7) is 4.22. The highest BCUT2D eigenvalue weighted by molar-refractivity contribution is 7.92. The van der Waals surface area contributed by atoms with Gasteiger partial charge in [0.15, 0.2) is 5.82 Å². The van der Waals surface area contributed by atoms with Crippen molar-refractivity contribution in [1.82, 2.24) is 19.9 Å². The molecule has 4 atom stereocenters. The van der Waals surface area contributed by atoms with Gasteiger partial charge in [-0.1, -0.05) is 0 Å². The molecule has 0 radical (unpaired) electrons. The summed E-state index contributed by atoms with van der Waals surface area (Å²) in [6, 6.07) is 6.13. The molecule has 9 heteroatoms. The number of nitrogens with zero attached hydrogens (tertiary/aromatic N) is 4. The van der Waals surface area contributed by atoms with Gasteiger partial charge in [-0.3, -0.25) is 4.78 Å². The normalized spacial score (nSPS) is 26.4. The summed E-state index contributed by atoms with van der Waals surface area (Å²) >= 11 is 0. The van der Waals surface area contributed by atoms with Crippen LogP contribution >= 0.6 is 0 Å². The lowest BCUT2D eigenvalue weighted by Crippen LogP contribution is -2.44. The first-order chi connectivity index (χ1) is 13.9. The highest BCUT2D eigenvalue weighted by Gasteiger charge is 2.45. The van der Waals surface area contributed by atoms with Crippen molar-refractivity contribution in [2.75, 3.05) is 30.9 Å². The third-order valence-corrected chi connectivity index (χ3v) is 7.46. The van der Waals surface area contributed by atoms with E-state index in [4.69, 9.17) is 19.5 Å². The van der Waals surface area contributed by atoms with Crippen LogP contribution in [0.4, 0.5) is 5.82 Å². The zero-order valence-electron chi connectivity index (χ0n) is 16.5. The zero-order valence-corrected chi connectivity index (χ0v) is 17.3. The van der Waals surface area contributed by atoms with Crippen molar-refractivity contribution >= 4 is 26.6 Å². The van der Waals surface area contributed by atoms with E-state index in [9.17, 15) is 4.21 Å². The number of morpholine rings is 1. The standard InChI is InChI=1S/C20H24N6O2S/c1-12-11-28-8-7-26(12)18-10-16(15-9-17(15)29(2,21)27)24-20(25-18)14-4-6-23-19-13(14)3-5-22-19/h3-6,10,12,15,17,21H,7-9,11H2,1-2H3,(H,22,23)/t12-,15?,17-,29?/m1/s1. The smallest absolute Gasteiger partial charge is 0.162 e. The van der Waals surface area contributed by atoms with E-state index in [0.29, 0.717) is 19.0 Å². The topological polar surface area (TPSA) is 108 Å². The molecule has 1 saturated carbocycles. The number of rotatable bonds is 4. The summed E-state index contributed by atoms with van der Waals surface area (Å²) in [7, 11) is -2.59. The molecule has 29 heavy (non-hydrogen) atoms. The Bertz CT molecular complexity index is 1170. The number of aromatic nitrogens is 4. The minimum atomic E-state index is -2.59. The maximum atomic E-state index is 12.3. The maximum Gasteiger partial charge on any atom is 0.162 e. The summed E-state index contributed by atoms with van der Waals surface area (Å²) in [6.07, 6.45) is 5.88. The molecule has 3 aromatic rings. The first-order valence-electron chi connectivity index (χ1n) is 9.80. The Morgan fingerprint density at radius 2 is 2.21 bits per heavy atom. The van der Waals surface area contributed by atoms with Gasteiger partial charge in [-0.25, -0.2) is 19.2 Å². The Labute approximate surface area is 169 Å². The van der Waals surface area contributed by atoms with Crippen LogP contribution < -0.4 is 4.90 Å². The lowest BCUT2D eigenvalue weighted by atomic mass is 10.1. The number of aromatic amines is 1. The molecule has 8 nitrogen and oxygen atoms in total. The maximum absolute atomic E-state index is 12.3. The lowest BCUT2D eigenvalue weighted by Gasteiger charge is -2.34. The molecule has 1 saturated heterocycles. The van der Waals surface area contributed by atoms with Crippen LogP contribution in [0.5, 0.6) is 0 Å². The number of pyridine rings is 1. The number of anilines is 1. The molecular weight excluding hydrogens is 388 g/mol. The van der Waals surface area contributed by atoms with Crippen molar-refractivity contribution in [1.29, 1.82) is 4.78 Å². The van der Waals surface area contributed by atoms with E-state index < -0.39 is 9.73 Å². The van der Waals surface area contributed by atoms with Crippen molar-refractivity contribution in [3.8, 4) is 11.4 Å². The third kappa shape index (κ3) is 3.38. The first-order valence-corrected chi connectivity index (χ1v) is 11.8. The predicted octanol–water partition coefficient (Wildman–Crippen LogP) is 2.78. The molecule has 0 aromatic carbocycles. The van der Waals surface area contributed by atoms with E-state index in [1.165, 1.54) is 6.26 Å². The number of H-pyrrole nitrogens is 1. The average Bonchev–Trinajstić information content (AvgIpc) is 3.38. The number of ether oxygens (including phenoxy) is 1. The van der Waals surface area contributed by atoms with Gasteiger partial charge in [0, 0.05) is 57.9 Å². The van der Waals surface area contributed by atoms with Crippen LogP contribution in [0, 0.1) is 4.78 Å². The number of hydrogen-bond acceptors (Lipinski definition) is 7. The van der Waals surface area contributed by atoms with Gasteiger partial charge in [-0.05, 0) is 25.5 Å². The molecule has 0 spiro atoms.